The third-order valence-corrected chi connectivity index (χ3v) is 5.96. The molecule has 1 unspecified atom stereocenters. The molecule has 1 aliphatic carbocycles. The first-order valence-electron chi connectivity index (χ1n) is 10.7. The first kappa shape index (κ1) is 22.0. The zero-order chi connectivity index (χ0) is 23.3. The SMILES string of the molecule is C#CCCc1cc(Nc2ccc3c(c2)CC2(C3)C(=O)Nc3ccccc32)ncn1.CNC=O. The van der Waals surface area contributed by atoms with Crippen LogP contribution in [-0.4, -0.2) is 29.3 Å². The Morgan fingerprint density at radius 2 is 1.94 bits per heavy atom. The minimum Gasteiger partial charge on any atom is -0.362 e. The molecule has 0 radical (unpaired) electrons. The molecule has 2 heterocycles. The number of nitrogens with zero attached hydrogens (tertiary/aromatic N) is 2. The van der Waals surface area contributed by atoms with Gasteiger partial charge in [-0.25, -0.2) is 9.97 Å². The number of nitrogens with one attached hydrogen (secondary N) is 3. The van der Waals surface area contributed by atoms with Crippen molar-refractivity contribution in [1.82, 2.24) is 15.3 Å². The molecular formula is C26H25N5O2. The average Bonchev–Trinajstić information content (AvgIpc) is 3.35. The second-order valence-corrected chi connectivity index (χ2v) is 8.05. The van der Waals surface area contributed by atoms with Crippen LogP contribution >= 0.6 is 0 Å². The molecule has 7 nitrogen and oxygen atoms in total. The van der Waals surface area contributed by atoms with Gasteiger partial charge in [-0.15, -0.1) is 12.3 Å². The summed E-state index contributed by atoms with van der Waals surface area (Å²) < 4.78 is 0. The fourth-order valence-corrected chi connectivity index (χ4v) is 4.43. The van der Waals surface area contributed by atoms with Gasteiger partial charge in [0, 0.05) is 43.0 Å². The summed E-state index contributed by atoms with van der Waals surface area (Å²) in [5.41, 5.74) is 5.83. The zero-order valence-corrected chi connectivity index (χ0v) is 18.4. The van der Waals surface area contributed by atoms with Gasteiger partial charge in [0.25, 0.3) is 0 Å². The number of anilines is 3. The van der Waals surface area contributed by atoms with Crippen LogP contribution < -0.4 is 16.0 Å². The number of terminal acetylenes is 1. The van der Waals surface area contributed by atoms with Gasteiger partial charge in [-0.2, -0.15) is 0 Å². The number of rotatable bonds is 5. The van der Waals surface area contributed by atoms with E-state index in [4.69, 9.17) is 11.2 Å². The van der Waals surface area contributed by atoms with Crippen LogP contribution in [-0.2, 0) is 34.3 Å². The van der Waals surface area contributed by atoms with Gasteiger partial charge < -0.3 is 16.0 Å². The van der Waals surface area contributed by atoms with Crippen LogP contribution in [0.15, 0.2) is 54.9 Å². The molecule has 2 aliphatic rings. The predicted molar refractivity (Wildman–Crippen MR) is 128 cm³/mol. The lowest BCUT2D eigenvalue weighted by Gasteiger charge is -2.20. The van der Waals surface area contributed by atoms with Crippen molar-refractivity contribution < 1.29 is 9.59 Å². The summed E-state index contributed by atoms with van der Waals surface area (Å²) in [5, 5.41) is 8.66. The lowest BCUT2D eigenvalue weighted by Crippen LogP contribution is -2.35. The molecule has 1 aliphatic heterocycles. The van der Waals surface area contributed by atoms with Crippen molar-refractivity contribution in [3.8, 4) is 12.3 Å². The van der Waals surface area contributed by atoms with Crippen molar-refractivity contribution in [3.63, 3.8) is 0 Å². The summed E-state index contributed by atoms with van der Waals surface area (Å²) in [6.07, 6.45) is 10.3. The highest BCUT2D eigenvalue weighted by Crippen LogP contribution is 2.47. The monoisotopic (exact) mass is 439 g/mol. The molecule has 2 aromatic carbocycles. The van der Waals surface area contributed by atoms with Gasteiger partial charge in [0.1, 0.15) is 12.1 Å². The molecule has 0 saturated heterocycles. The summed E-state index contributed by atoms with van der Waals surface area (Å²) in [6, 6.07) is 16.2. The highest BCUT2D eigenvalue weighted by molar-refractivity contribution is 6.07. The average molecular weight is 440 g/mol. The Morgan fingerprint density at radius 1 is 1.15 bits per heavy atom. The third-order valence-electron chi connectivity index (χ3n) is 5.96. The zero-order valence-electron chi connectivity index (χ0n) is 18.4. The van der Waals surface area contributed by atoms with Gasteiger partial charge >= 0.3 is 0 Å². The molecule has 33 heavy (non-hydrogen) atoms. The molecule has 1 atom stereocenters. The summed E-state index contributed by atoms with van der Waals surface area (Å²) in [5.74, 6) is 3.47. The Balaban J connectivity index is 0.000000601. The second-order valence-electron chi connectivity index (χ2n) is 8.05. The van der Waals surface area contributed by atoms with Crippen LogP contribution in [0.3, 0.4) is 0 Å². The van der Waals surface area contributed by atoms with E-state index in [1.807, 2.05) is 30.3 Å². The Morgan fingerprint density at radius 3 is 2.73 bits per heavy atom. The number of fused-ring (bicyclic) bond motifs is 3. The lowest BCUT2D eigenvalue weighted by atomic mass is 9.79. The van der Waals surface area contributed by atoms with Crippen molar-refractivity contribution in [2.45, 2.75) is 31.1 Å². The van der Waals surface area contributed by atoms with Crippen LogP contribution in [0, 0.1) is 12.3 Å². The fourth-order valence-electron chi connectivity index (χ4n) is 4.43. The van der Waals surface area contributed by atoms with Crippen molar-refractivity contribution >= 4 is 29.5 Å². The Hall–Kier alpha value is -4.18. The van der Waals surface area contributed by atoms with Gasteiger partial charge in [-0.05, 0) is 47.7 Å². The van der Waals surface area contributed by atoms with E-state index < -0.39 is 5.41 Å². The van der Waals surface area contributed by atoms with E-state index in [0.29, 0.717) is 19.3 Å². The lowest BCUT2D eigenvalue weighted by molar-refractivity contribution is -0.120. The van der Waals surface area contributed by atoms with Gasteiger partial charge in [-0.3, -0.25) is 9.59 Å². The van der Waals surface area contributed by atoms with Gasteiger partial charge in [-0.1, -0.05) is 24.3 Å². The molecule has 0 bridgehead atoms. The first-order chi connectivity index (χ1) is 16.1. The Bertz CT molecular complexity index is 1230. The first-order valence-corrected chi connectivity index (χ1v) is 10.7. The van der Waals surface area contributed by atoms with Gasteiger partial charge in [0.05, 0.1) is 5.41 Å². The number of benzene rings is 2. The van der Waals surface area contributed by atoms with E-state index in [2.05, 4.69) is 50.0 Å². The number of aromatic nitrogens is 2. The quantitative estimate of drug-likeness (QED) is 0.419. The van der Waals surface area contributed by atoms with Gasteiger partial charge in [0.2, 0.25) is 12.3 Å². The number of hydrogen-bond acceptors (Lipinski definition) is 5. The van der Waals surface area contributed by atoms with E-state index in [1.54, 1.807) is 13.4 Å². The molecular weight excluding hydrogens is 414 g/mol. The third kappa shape index (κ3) is 4.41. The largest absolute Gasteiger partial charge is 0.362 e. The molecule has 166 valence electrons. The number of carbonyl (C=O) groups excluding carboxylic acids is 2. The number of amides is 2. The number of carbonyl (C=O) groups is 2. The second kappa shape index (κ2) is 9.53. The highest BCUT2D eigenvalue weighted by Gasteiger charge is 2.50. The molecule has 3 N–H and O–H groups in total. The predicted octanol–water partition coefficient (Wildman–Crippen LogP) is 3.14. The summed E-state index contributed by atoms with van der Waals surface area (Å²) in [7, 11) is 1.56. The molecule has 2 amide bonds. The van der Waals surface area contributed by atoms with Crippen molar-refractivity contribution in [2.24, 2.45) is 0 Å². The summed E-state index contributed by atoms with van der Waals surface area (Å²) in [6.45, 7) is 0. The molecule has 1 spiro atoms. The molecule has 5 rings (SSSR count). The minimum atomic E-state index is -0.491. The van der Waals surface area contributed by atoms with Crippen molar-refractivity contribution in [3.05, 3.63) is 77.2 Å². The normalized spacial score (nSPS) is 17.2. The highest BCUT2D eigenvalue weighted by atomic mass is 16.2. The molecule has 0 saturated carbocycles. The maximum absolute atomic E-state index is 12.9. The molecule has 1 aromatic heterocycles. The van der Waals surface area contributed by atoms with Crippen LogP contribution in [0.4, 0.5) is 17.2 Å². The summed E-state index contributed by atoms with van der Waals surface area (Å²) >= 11 is 0. The van der Waals surface area contributed by atoms with Crippen LogP contribution in [0.1, 0.15) is 28.8 Å². The van der Waals surface area contributed by atoms with Crippen LogP contribution in [0.2, 0.25) is 0 Å². The minimum absolute atomic E-state index is 0.0957. The van der Waals surface area contributed by atoms with Crippen LogP contribution in [0.5, 0.6) is 0 Å². The number of hydrogen-bond donors (Lipinski definition) is 3. The van der Waals surface area contributed by atoms with E-state index in [1.165, 1.54) is 11.1 Å². The number of para-hydroxylation sites is 1. The Labute approximate surface area is 193 Å². The van der Waals surface area contributed by atoms with E-state index in [-0.39, 0.29) is 5.91 Å². The summed E-state index contributed by atoms with van der Waals surface area (Å²) in [4.78, 5) is 30.5. The number of aryl methyl sites for hydroxylation is 1. The van der Waals surface area contributed by atoms with Crippen molar-refractivity contribution in [1.29, 1.82) is 0 Å². The van der Waals surface area contributed by atoms with E-state index in [9.17, 15) is 4.79 Å². The van der Waals surface area contributed by atoms with E-state index >= 15 is 0 Å². The fraction of sp³-hybridized carbons (Fsp3) is 0.231. The molecule has 0 fully saturated rings. The van der Waals surface area contributed by atoms with Crippen molar-refractivity contribution in [2.75, 3.05) is 17.7 Å². The van der Waals surface area contributed by atoms with Crippen LogP contribution in [0.25, 0.3) is 0 Å². The topological polar surface area (TPSA) is 96.0 Å². The Kier molecular flexibility index (Phi) is 6.36. The van der Waals surface area contributed by atoms with Gasteiger partial charge in [0.15, 0.2) is 0 Å². The van der Waals surface area contributed by atoms with E-state index in [0.717, 1.165) is 41.3 Å². The molecule has 3 aromatic rings. The smallest absolute Gasteiger partial charge is 0.235 e. The standard InChI is InChI=1S/C24H20N4O.C2H5NO/c1-2-3-6-18-12-22(26-15-25-18)27-19-10-9-16-13-24(14-17(16)11-19)20-7-4-5-8-21(20)28-23(24)29;1-3-2-4/h1,4-5,7-12,15H,3,6,13-14H2,(H,28,29)(H,25,26,27);2H,1H3,(H,3,4). The maximum Gasteiger partial charge on any atom is 0.235 e. The maximum atomic E-state index is 12.9. The molecule has 7 heteroatoms.